The fraction of sp³-hybridized carbons (Fsp3) is 0.429. The molecular formula is C7H11N3O. The lowest BCUT2D eigenvalue weighted by atomic mass is 10.4. The molecule has 1 heterocycles. The van der Waals surface area contributed by atoms with E-state index in [1.54, 1.807) is 6.92 Å². The molecule has 0 aliphatic rings. The van der Waals surface area contributed by atoms with Crippen molar-refractivity contribution in [2.45, 2.75) is 13.5 Å². The highest BCUT2D eigenvalue weighted by Crippen LogP contribution is 1.86. The highest BCUT2D eigenvalue weighted by molar-refractivity contribution is 5.81. The first-order valence-corrected chi connectivity index (χ1v) is 3.39. The summed E-state index contributed by atoms with van der Waals surface area (Å²) < 4.78 is 3.81. The third-order valence-electron chi connectivity index (χ3n) is 1.39. The largest absolute Gasteiger partial charge is 0.792 e. The summed E-state index contributed by atoms with van der Waals surface area (Å²) in [4.78, 5) is 0. The molecule has 0 radical (unpaired) electrons. The third kappa shape index (κ3) is 2.07. The molecule has 0 saturated heterocycles. The Morgan fingerprint density at radius 1 is 1.73 bits per heavy atom. The quantitative estimate of drug-likeness (QED) is 0.341. The number of aryl methyl sites for hydroxylation is 1. The Hall–Kier alpha value is -1.32. The molecule has 0 amide bonds. The van der Waals surface area contributed by atoms with E-state index in [2.05, 4.69) is 5.16 Å². The van der Waals surface area contributed by atoms with Gasteiger partial charge in [0.05, 0.1) is 7.05 Å². The van der Waals surface area contributed by atoms with Gasteiger partial charge in [-0.2, -0.15) is 0 Å². The van der Waals surface area contributed by atoms with Crippen molar-refractivity contribution in [3.05, 3.63) is 23.9 Å². The van der Waals surface area contributed by atoms with E-state index in [1.165, 1.54) is 0 Å². The molecule has 0 bridgehead atoms. The van der Waals surface area contributed by atoms with E-state index < -0.39 is 0 Å². The summed E-state index contributed by atoms with van der Waals surface area (Å²) in [5.74, 6) is 0. The van der Waals surface area contributed by atoms with Gasteiger partial charge in [0.25, 0.3) is 0 Å². The second-order valence-electron chi connectivity index (χ2n) is 2.58. The maximum Gasteiger partial charge on any atom is 0.243 e. The maximum atomic E-state index is 10.0. The van der Waals surface area contributed by atoms with Gasteiger partial charge in [0.1, 0.15) is 18.9 Å². The van der Waals surface area contributed by atoms with Gasteiger partial charge in [-0.3, -0.25) is 0 Å². The van der Waals surface area contributed by atoms with Crippen LogP contribution in [0.5, 0.6) is 0 Å². The summed E-state index contributed by atoms with van der Waals surface area (Å²) in [5, 5.41) is 12.8. The molecule has 4 nitrogen and oxygen atoms in total. The van der Waals surface area contributed by atoms with Gasteiger partial charge in [-0.15, -0.1) is 0 Å². The summed E-state index contributed by atoms with van der Waals surface area (Å²) in [5.41, 5.74) is 0.584. The molecule has 1 aromatic heterocycles. The van der Waals surface area contributed by atoms with Gasteiger partial charge < -0.3 is 10.4 Å². The van der Waals surface area contributed by atoms with E-state index in [4.69, 9.17) is 0 Å². The molecule has 0 saturated carbocycles. The molecule has 0 spiro atoms. The number of hydrogen-bond acceptors (Lipinski definition) is 2. The lowest BCUT2D eigenvalue weighted by Gasteiger charge is -1.97. The molecule has 1 aromatic rings. The van der Waals surface area contributed by atoms with Gasteiger partial charge in [-0.1, -0.05) is 0 Å². The third-order valence-corrected chi connectivity index (χ3v) is 1.39. The first-order chi connectivity index (χ1) is 5.22. The Labute approximate surface area is 65.4 Å². The van der Waals surface area contributed by atoms with E-state index in [9.17, 15) is 5.21 Å². The first kappa shape index (κ1) is 7.78. The van der Waals surface area contributed by atoms with E-state index in [0.717, 1.165) is 0 Å². The van der Waals surface area contributed by atoms with Gasteiger partial charge >= 0.3 is 0 Å². The molecule has 0 fully saturated rings. The van der Waals surface area contributed by atoms with Crippen LogP contribution in [0, 0.1) is 5.21 Å². The molecule has 0 atom stereocenters. The Morgan fingerprint density at radius 2 is 2.45 bits per heavy atom. The van der Waals surface area contributed by atoms with Crippen molar-refractivity contribution in [3.63, 3.8) is 0 Å². The zero-order valence-corrected chi connectivity index (χ0v) is 6.69. The average molecular weight is 153 g/mol. The van der Waals surface area contributed by atoms with Crippen LogP contribution in [-0.4, -0.2) is 10.3 Å². The monoisotopic (exact) mass is 153 g/mol. The van der Waals surface area contributed by atoms with Crippen molar-refractivity contribution < 1.29 is 4.57 Å². The molecule has 0 N–H and O–H groups in total. The molecule has 60 valence electrons. The first-order valence-electron chi connectivity index (χ1n) is 3.39. The van der Waals surface area contributed by atoms with Crippen LogP contribution >= 0.6 is 0 Å². The van der Waals surface area contributed by atoms with Crippen molar-refractivity contribution >= 4 is 5.71 Å². The number of nitrogens with zero attached hydrogens (tertiary/aromatic N) is 3. The molecule has 11 heavy (non-hydrogen) atoms. The van der Waals surface area contributed by atoms with Crippen LogP contribution in [-0.2, 0) is 13.6 Å². The Bertz CT molecular complexity index is 264. The summed E-state index contributed by atoms with van der Waals surface area (Å²) in [7, 11) is 1.93. The minimum Gasteiger partial charge on any atom is -0.792 e. The second kappa shape index (κ2) is 3.18. The average Bonchev–Trinajstić information content (AvgIpc) is 2.35. The Morgan fingerprint density at radius 3 is 2.91 bits per heavy atom. The van der Waals surface area contributed by atoms with Crippen molar-refractivity contribution in [1.82, 2.24) is 4.57 Å². The molecule has 0 aromatic carbocycles. The van der Waals surface area contributed by atoms with Gasteiger partial charge in [-0.25, -0.2) is 9.13 Å². The van der Waals surface area contributed by atoms with Crippen LogP contribution in [0.1, 0.15) is 6.92 Å². The van der Waals surface area contributed by atoms with Crippen molar-refractivity contribution in [2.75, 3.05) is 0 Å². The molecule has 0 aliphatic heterocycles. The second-order valence-corrected chi connectivity index (χ2v) is 2.58. The van der Waals surface area contributed by atoms with Crippen LogP contribution in [0.2, 0.25) is 0 Å². The molecular weight excluding hydrogens is 142 g/mol. The minimum absolute atomic E-state index is 0.574. The number of aromatic nitrogens is 2. The number of hydrogen-bond donors (Lipinski definition) is 0. The zero-order valence-electron chi connectivity index (χ0n) is 6.69. The van der Waals surface area contributed by atoms with Gasteiger partial charge in [-0.05, 0) is 6.92 Å². The minimum atomic E-state index is 0.574. The van der Waals surface area contributed by atoms with Crippen molar-refractivity contribution in [3.8, 4) is 0 Å². The smallest absolute Gasteiger partial charge is 0.243 e. The lowest BCUT2D eigenvalue weighted by Crippen LogP contribution is -2.24. The lowest BCUT2D eigenvalue weighted by molar-refractivity contribution is -0.671. The van der Waals surface area contributed by atoms with Crippen LogP contribution in [0.3, 0.4) is 0 Å². The maximum absolute atomic E-state index is 10.0. The predicted octanol–water partition coefficient (Wildman–Crippen LogP) is 0.271. The normalized spacial score (nSPS) is 12.0. The number of imidazole rings is 1. The van der Waals surface area contributed by atoms with Crippen molar-refractivity contribution in [1.29, 1.82) is 0 Å². The van der Waals surface area contributed by atoms with Crippen molar-refractivity contribution in [2.24, 2.45) is 12.2 Å². The van der Waals surface area contributed by atoms with E-state index >= 15 is 0 Å². The summed E-state index contributed by atoms with van der Waals surface area (Å²) in [6, 6.07) is 0. The summed E-state index contributed by atoms with van der Waals surface area (Å²) >= 11 is 0. The zero-order chi connectivity index (χ0) is 8.27. The highest BCUT2D eigenvalue weighted by Gasteiger charge is 1.99. The van der Waals surface area contributed by atoms with E-state index in [1.807, 2.05) is 34.9 Å². The molecule has 4 heteroatoms. The SMILES string of the molecule is C/C(Cn1cc[n+](C)c1)=N\[O-]. The standard InChI is InChI=1S/C7H11N3O/c1-7(8-11)5-10-4-3-9(2)6-10/h3-4,6H,5H2,1-2H3/b8-7+. The molecule has 0 unspecified atom stereocenters. The molecule has 1 rings (SSSR count). The Balaban J connectivity index is 2.65. The molecule has 0 aliphatic carbocycles. The summed E-state index contributed by atoms with van der Waals surface area (Å²) in [6.45, 7) is 2.29. The van der Waals surface area contributed by atoms with Crippen LogP contribution in [0.15, 0.2) is 23.9 Å². The van der Waals surface area contributed by atoms with Gasteiger partial charge in [0.15, 0.2) is 0 Å². The topological polar surface area (TPSA) is 44.2 Å². The van der Waals surface area contributed by atoms with Gasteiger partial charge in [0.2, 0.25) is 6.33 Å². The fourth-order valence-electron chi connectivity index (χ4n) is 0.888. The van der Waals surface area contributed by atoms with E-state index in [-0.39, 0.29) is 0 Å². The highest BCUT2D eigenvalue weighted by atomic mass is 16.4. The van der Waals surface area contributed by atoms with Gasteiger partial charge in [0, 0.05) is 5.71 Å². The number of rotatable bonds is 2. The fourth-order valence-corrected chi connectivity index (χ4v) is 0.888. The Kier molecular flexibility index (Phi) is 2.25. The van der Waals surface area contributed by atoms with Crippen LogP contribution in [0.4, 0.5) is 0 Å². The summed E-state index contributed by atoms with van der Waals surface area (Å²) in [6.07, 6.45) is 5.71. The predicted molar refractivity (Wildman–Crippen MR) is 42.1 cm³/mol. The van der Waals surface area contributed by atoms with E-state index in [0.29, 0.717) is 12.3 Å². The van der Waals surface area contributed by atoms with Crippen LogP contribution < -0.4 is 4.57 Å². The van der Waals surface area contributed by atoms with Crippen LogP contribution in [0.25, 0.3) is 0 Å².